The van der Waals surface area contributed by atoms with Crippen LogP contribution in [0.5, 0.6) is 0 Å². The molecule has 18 heavy (non-hydrogen) atoms. The number of anilines is 1. The Balaban J connectivity index is 2.68. The van der Waals surface area contributed by atoms with Gasteiger partial charge in [-0.1, -0.05) is 20.3 Å². The quantitative estimate of drug-likeness (QED) is 0.778. The molecule has 1 heterocycles. The fourth-order valence-corrected chi connectivity index (χ4v) is 1.73. The average molecular weight is 250 g/mol. The first-order valence-corrected chi connectivity index (χ1v) is 6.58. The number of aromatic nitrogens is 2. The number of nitrogens with one attached hydrogen (secondary N) is 2. The molecule has 1 unspecified atom stereocenters. The van der Waals surface area contributed by atoms with Gasteiger partial charge in [0.25, 0.3) is 5.91 Å². The predicted molar refractivity (Wildman–Crippen MR) is 72.6 cm³/mol. The summed E-state index contributed by atoms with van der Waals surface area (Å²) in [6.07, 6.45) is 6.09. The zero-order valence-electron chi connectivity index (χ0n) is 11.4. The number of carbonyl (C=O) groups is 1. The van der Waals surface area contributed by atoms with Crippen molar-refractivity contribution < 1.29 is 4.79 Å². The van der Waals surface area contributed by atoms with E-state index in [-0.39, 0.29) is 11.9 Å². The Bertz CT molecular complexity index is 381. The highest BCUT2D eigenvalue weighted by molar-refractivity contribution is 5.92. The number of carbonyl (C=O) groups excluding carboxylic acids is 1. The van der Waals surface area contributed by atoms with E-state index in [4.69, 9.17) is 0 Å². The van der Waals surface area contributed by atoms with Gasteiger partial charge in [0.15, 0.2) is 0 Å². The van der Waals surface area contributed by atoms with Crippen molar-refractivity contribution in [1.29, 1.82) is 0 Å². The van der Waals surface area contributed by atoms with Gasteiger partial charge in [0.1, 0.15) is 11.5 Å². The van der Waals surface area contributed by atoms with Crippen LogP contribution in [0.3, 0.4) is 0 Å². The van der Waals surface area contributed by atoms with E-state index in [2.05, 4.69) is 34.4 Å². The third-order valence-electron chi connectivity index (χ3n) is 2.69. The molecule has 1 aromatic heterocycles. The van der Waals surface area contributed by atoms with Crippen LogP contribution in [0.15, 0.2) is 12.4 Å². The summed E-state index contributed by atoms with van der Waals surface area (Å²) in [5, 5.41) is 6.03. The van der Waals surface area contributed by atoms with Gasteiger partial charge < -0.3 is 10.6 Å². The van der Waals surface area contributed by atoms with Gasteiger partial charge in [-0.05, 0) is 19.8 Å². The van der Waals surface area contributed by atoms with Crippen molar-refractivity contribution >= 4 is 11.7 Å². The minimum atomic E-state index is -0.150. The Kier molecular flexibility index (Phi) is 6.11. The van der Waals surface area contributed by atoms with E-state index < -0.39 is 0 Å². The largest absolute Gasteiger partial charge is 0.369 e. The van der Waals surface area contributed by atoms with Gasteiger partial charge in [0.2, 0.25) is 0 Å². The van der Waals surface area contributed by atoms with Crippen molar-refractivity contribution in [3.63, 3.8) is 0 Å². The van der Waals surface area contributed by atoms with E-state index in [0.29, 0.717) is 11.5 Å². The van der Waals surface area contributed by atoms with Gasteiger partial charge in [0.05, 0.1) is 12.4 Å². The number of hydrogen-bond donors (Lipinski definition) is 2. The number of amides is 1. The van der Waals surface area contributed by atoms with E-state index in [9.17, 15) is 4.79 Å². The molecule has 5 heteroatoms. The lowest BCUT2D eigenvalue weighted by atomic mass is 10.1. The molecule has 1 aromatic rings. The van der Waals surface area contributed by atoms with Gasteiger partial charge in [-0.3, -0.25) is 9.78 Å². The smallest absolute Gasteiger partial charge is 0.271 e. The van der Waals surface area contributed by atoms with Gasteiger partial charge in [-0.2, -0.15) is 0 Å². The van der Waals surface area contributed by atoms with Crippen LogP contribution in [0.4, 0.5) is 5.82 Å². The molecule has 2 N–H and O–H groups in total. The fraction of sp³-hybridized carbons (Fsp3) is 0.615. The molecule has 0 aromatic carbocycles. The molecule has 0 saturated heterocycles. The number of hydrogen-bond acceptors (Lipinski definition) is 4. The van der Waals surface area contributed by atoms with Gasteiger partial charge in [-0.25, -0.2) is 4.98 Å². The Morgan fingerprint density at radius 1 is 1.33 bits per heavy atom. The van der Waals surface area contributed by atoms with Crippen molar-refractivity contribution in [3.8, 4) is 0 Å². The maximum Gasteiger partial charge on any atom is 0.271 e. The number of nitrogens with zero attached hydrogens (tertiary/aromatic N) is 2. The molecule has 0 saturated carbocycles. The van der Waals surface area contributed by atoms with Crippen LogP contribution in [0.25, 0.3) is 0 Å². The summed E-state index contributed by atoms with van der Waals surface area (Å²) in [5.74, 6) is 0.483. The van der Waals surface area contributed by atoms with E-state index in [1.165, 1.54) is 6.20 Å². The fourth-order valence-electron chi connectivity index (χ4n) is 1.73. The third kappa shape index (κ3) is 4.31. The second-order valence-electron chi connectivity index (χ2n) is 4.19. The lowest BCUT2D eigenvalue weighted by molar-refractivity contribution is 0.0928. The molecule has 0 aliphatic heterocycles. The Labute approximate surface area is 108 Å². The summed E-state index contributed by atoms with van der Waals surface area (Å²) in [6.45, 7) is 6.91. The molecular weight excluding hydrogens is 228 g/mol. The summed E-state index contributed by atoms with van der Waals surface area (Å²) in [5.41, 5.74) is 0.364. The Morgan fingerprint density at radius 3 is 2.72 bits per heavy atom. The predicted octanol–water partition coefficient (Wildman–Crippen LogP) is 2.22. The van der Waals surface area contributed by atoms with Gasteiger partial charge in [-0.15, -0.1) is 0 Å². The first-order valence-electron chi connectivity index (χ1n) is 6.58. The van der Waals surface area contributed by atoms with Crippen LogP contribution >= 0.6 is 0 Å². The zero-order valence-corrected chi connectivity index (χ0v) is 11.4. The molecule has 0 bridgehead atoms. The molecule has 0 radical (unpaired) electrons. The molecule has 1 atom stereocenters. The Morgan fingerprint density at radius 2 is 2.11 bits per heavy atom. The van der Waals surface area contributed by atoms with Crippen LogP contribution in [-0.4, -0.2) is 28.5 Å². The minimum Gasteiger partial charge on any atom is -0.369 e. The van der Waals surface area contributed by atoms with E-state index in [0.717, 1.165) is 25.8 Å². The van der Waals surface area contributed by atoms with Crippen LogP contribution in [0, 0.1) is 0 Å². The van der Waals surface area contributed by atoms with Crippen molar-refractivity contribution in [1.82, 2.24) is 15.3 Å². The SMILES string of the molecule is CCCC(CC)NC(=O)c1cncc(NCC)n1. The first-order chi connectivity index (χ1) is 8.71. The van der Waals surface area contributed by atoms with Crippen LogP contribution in [0.1, 0.15) is 50.5 Å². The maximum atomic E-state index is 12.0. The molecule has 0 aliphatic rings. The van der Waals surface area contributed by atoms with Gasteiger partial charge >= 0.3 is 0 Å². The third-order valence-corrected chi connectivity index (χ3v) is 2.69. The molecule has 5 nitrogen and oxygen atoms in total. The highest BCUT2D eigenvalue weighted by atomic mass is 16.1. The second kappa shape index (κ2) is 7.63. The molecule has 0 spiro atoms. The van der Waals surface area contributed by atoms with E-state index in [1.54, 1.807) is 6.20 Å². The monoisotopic (exact) mass is 250 g/mol. The van der Waals surface area contributed by atoms with Crippen LogP contribution in [-0.2, 0) is 0 Å². The highest BCUT2D eigenvalue weighted by Crippen LogP contribution is 2.05. The van der Waals surface area contributed by atoms with Gasteiger partial charge in [0, 0.05) is 12.6 Å². The topological polar surface area (TPSA) is 66.9 Å². The Hall–Kier alpha value is -1.65. The highest BCUT2D eigenvalue weighted by Gasteiger charge is 2.13. The average Bonchev–Trinajstić information content (AvgIpc) is 2.39. The first kappa shape index (κ1) is 14.4. The van der Waals surface area contributed by atoms with E-state index >= 15 is 0 Å². The molecular formula is C13H22N4O. The lowest BCUT2D eigenvalue weighted by Gasteiger charge is -2.15. The van der Waals surface area contributed by atoms with Crippen molar-refractivity contribution in [2.24, 2.45) is 0 Å². The summed E-state index contributed by atoms with van der Waals surface area (Å²) >= 11 is 0. The standard InChI is InChI=1S/C13H22N4O/c1-4-7-10(5-2)16-13(18)11-8-14-9-12(17-11)15-6-3/h8-10H,4-7H2,1-3H3,(H,15,17)(H,16,18). The van der Waals surface area contributed by atoms with Crippen molar-refractivity contribution in [2.45, 2.75) is 46.1 Å². The normalized spacial score (nSPS) is 11.9. The minimum absolute atomic E-state index is 0.150. The molecule has 0 aliphatic carbocycles. The van der Waals surface area contributed by atoms with Crippen molar-refractivity contribution in [2.75, 3.05) is 11.9 Å². The summed E-state index contributed by atoms with van der Waals surface area (Å²) in [6, 6.07) is 0.215. The summed E-state index contributed by atoms with van der Waals surface area (Å²) in [7, 11) is 0. The number of rotatable bonds is 7. The summed E-state index contributed by atoms with van der Waals surface area (Å²) in [4.78, 5) is 20.2. The molecule has 1 amide bonds. The molecule has 100 valence electrons. The van der Waals surface area contributed by atoms with E-state index in [1.807, 2.05) is 6.92 Å². The van der Waals surface area contributed by atoms with Crippen LogP contribution < -0.4 is 10.6 Å². The zero-order chi connectivity index (χ0) is 13.4. The molecule has 1 rings (SSSR count). The maximum absolute atomic E-state index is 12.0. The van der Waals surface area contributed by atoms with Crippen LogP contribution in [0.2, 0.25) is 0 Å². The van der Waals surface area contributed by atoms with Crippen molar-refractivity contribution in [3.05, 3.63) is 18.1 Å². The summed E-state index contributed by atoms with van der Waals surface area (Å²) < 4.78 is 0. The molecule has 0 fully saturated rings. The second-order valence-corrected chi connectivity index (χ2v) is 4.19. The lowest BCUT2D eigenvalue weighted by Crippen LogP contribution is -2.34.